The summed E-state index contributed by atoms with van der Waals surface area (Å²) in [6, 6.07) is 4.71. The quantitative estimate of drug-likeness (QED) is 0.688. The van der Waals surface area contributed by atoms with Crippen molar-refractivity contribution >= 4 is 6.29 Å². The van der Waals surface area contributed by atoms with Gasteiger partial charge in [0.25, 0.3) is 0 Å². The van der Waals surface area contributed by atoms with Crippen molar-refractivity contribution in [1.29, 1.82) is 0 Å². The van der Waals surface area contributed by atoms with Gasteiger partial charge in [0.1, 0.15) is 6.29 Å². The third-order valence-electron chi connectivity index (χ3n) is 2.74. The van der Waals surface area contributed by atoms with Crippen molar-refractivity contribution in [2.45, 2.75) is 18.3 Å². The highest BCUT2D eigenvalue weighted by atomic mass is 19.1. The third kappa shape index (κ3) is 1.29. The van der Waals surface area contributed by atoms with Gasteiger partial charge in [0.05, 0.1) is 12.5 Å². The first-order valence-electron chi connectivity index (χ1n) is 4.52. The first kappa shape index (κ1) is 9.19. The Morgan fingerprint density at radius 3 is 2.64 bits per heavy atom. The monoisotopic (exact) mass is 194 g/mol. The summed E-state index contributed by atoms with van der Waals surface area (Å²) in [4.78, 5) is 10.8. The van der Waals surface area contributed by atoms with Crippen molar-refractivity contribution in [1.82, 2.24) is 0 Å². The zero-order valence-electron chi connectivity index (χ0n) is 7.92. The van der Waals surface area contributed by atoms with Crippen molar-refractivity contribution in [3.63, 3.8) is 0 Å². The van der Waals surface area contributed by atoms with Crippen LogP contribution in [0.3, 0.4) is 0 Å². The lowest BCUT2D eigenvalue weighted by Gasteiger charge is -2.09. The van der Waals surface area contributed by atoms with Gasteiger partial charge in [0, 0.05) is 0 Å². The molecular weight excluding hydrogens is 183 g/mol. The maximum absolute atomic E-state index is 13.3. The molecule has 0 saturated heterocycles. The molecule has 1 aliphatic carbocycles. The van der Waals surface area contributed by atoms with Gasteiger partial charge in [-0.05, 0) is 30.5 Å². The molecule has 0 N–H and O–H groups in total. The SMILES string of the molecule is COc1ccc(C2(C=O)CC2)cc1F. The molecule has 2 rings (SSSR count). The number of halogens is 1. The lowest BCUT2D eigenvalue weighted by atomic mass is 9.98. The van der Waals surface area contributed by atoms with Crippen LogP contribution in [0.25, 0.3) is 0 Å². The molecule has 14 heavy (non-hydrogen) atoms. The van der Waals surface area contributed by atoms with Gasteiger partial charge in [-0.1, -0.05) is 6.07 Å². The molecular formula is C11H11FO2. The predicted molar refractivity (Wildman–Crippen MR) is 49.9 cm³/mol. The molecule has 0 unspecified atom stereocenters. The molecule has 1 fully saturated rings. The Bertz CT molecular complexity index is 370. The summed E-state index contributed by atoms with van der Waals surface area (Å²) in [7, 11) is 1.42. The van der Waals surface area contributed by atoms with E-state index in [1.807, 2.05) is 0 Å². The Morgan fingerprint density at radius 1 is 1.50 bits per heavy atom. The number of carbonyl (C=O) groups is 1. The summed E-state index contributed by atoms with van der Waals surface area (Å²) < 4.78 is 18.1. The summed E-state index contributed by atoms with van der Waals surface area (Å²) >= 11 is 0. The fourth-order valence-corrected chi connectivity index (χ4v) is 1.59. The number of benzene rings is 1. The second-order valence-electron chi connectivity index (χ2n) is 3.62. The summed E-state index contributed by atoms with van der Waals surface area (Å²) in [6.07, 6.45) is 2.55. The van der Waals surface area contributed by atoms with E-state index < -0.39 is 11.2 Å². The summed E-state index contributed by atoms with van der Waals surface area (Å²) in [5.41, 5.74) is 0.346. The Labute approximate surface area is 81.7 Å². The molecule has 74 valence electrons. The highest BCUT2D eigenvalue weighted by molar-refractivity contribution is 5.73. The van der Waals surface area contributed by atoms with Crippen molar-refractivity contribution in [2.75, 3.05) is 7.11 Å². The number of carbonyl (C=O) groups excluding carboxylic acids is 1. The molecule has 1 saturated carbocycles. The molecule has 3 heteroatoms. The van der Waals surface area contributed by atoms with Gasteiger partial charge in [0.15, 0.2) is 11.6 Å². The largest absolute Gasteiger partial charge is 0.494 e. The van der Waals surface area contributed by atoms with Crippen molar-refractivity contribution in [3.05, 3.63) is 29.6 Å². The number of aldehydes is 1. The molecule has 0 radical (unpaired) electrons. The summed E-state index contributed by atoms with van der Waals surface area (Å²) in [5, 5.41) is 0. The minimum absolute atomic E-state index is 0.218. The number of hydrogen-bond acceptors (Lipinski definition) is 2. The van der Waals surface area contributed by atoms with Crippen LogP contribution in [-0.2, 0) is 10.2 Å². The molecule has 0 atom stereocenters. The standard InChI is InChI=1S/C11H11FO2/c1-14-10-3-2-8(6-9(10)12)11(7-13)4-5-11/h2-3,6-7H,4-5H2,1H3. The molecule has 1 aromatic rings. The van der Waals surface area contributed by atoms with Crippen molar-refractivity contribution in [3.8, 4) is 5.75 Å². The van der Waals surface area contributed by atoms with Crippen LogP contribution < -0.4 is 4.74 Å². The molecule has 0 aliphatic heterocycles. The maximum atomic E-state index is 13.3. The second-order valence-corrected chi connectivity index (χ2v) is 3.62. The van der Waals surface area contributed by atoms with E-state index in [0.717, 1.165) is 24.7 Å². The Balaban J connectivity index is 2.38. The molecule has 2 nitrogen and oxygen atoms in total. The van der Waals surface area contributed by atoms with Gasteiger partial charge in [0.2, 0.25) is 0 Å². The van der Waals surface area contributed by atoms with E-state index in [-0.39, 0.29) is 5.75 Å². The normalized spacial score (nSPS) is 17.6. The van der Waals surface area contributed by atoms with Crippen LogP contribution in [0.5, 0.6) is 5.75 Å². The zero-order valence-corrected chi connectivity index (χ0v) is 7.92. The first-order valence-corrected chi connectivity index (χ1v) is 4.52. The number of rotatable bonds is 3. The van der Waals surface area contributed by atoms with E-state index in [1.54, 1.807) is 12.1 Å². The van der Waals surface area contributed by atoms with Crippen LogP contribution in [0.4, 0.5) is 4.39 Å². The van der Waals surface area contributed by atoms with E-state index in [0.29, 0.717) is 0 Å². The summed E-state index contributed by atoms with van der Waals surface area (Å²) in [5.74, 6) is -0.187. The van der Waals surface area contributed by atoms with E-state index in [1.165, 1.54) is 13.2 Å². The van der Waals surface area contributed by atoms with Gasteiger partial charge < -0.3 is 9.53 Å². The highest BCUT2D eigenvalue weighted by Crippen LogP contribution is 2.46. The van der Waals surface area contributed by atoms with Crippen molar-refractivity contribution in [2.24, 2.45) is 0 Å². The van der Waals surface area contributed by atoms with Crippen LogP contribution in [0.2, 0.25) is 0 Å². The molecule has 0 heterocycles. The number of hydrogen-bond donors (Lipinski definition) is 0. The fourth-order valence-electron chi connectivity index (χ4n) is 1.59. The highest BCUT2D eigenvalue weighted by Gasteiger charge is 2.44. The van der Waals surface area contributed by atoms with Crippen LogP contribution >= 0.6 is 0 Å². The van der Waals surface area contributed by atoms with E-state index in [2.05, 4.69) is 0 Å². The average molecular weight is 194 g/mol. The molecule has 0 bridgehead atoms. The molecule has 0 aromatic heterocycles. The van der Waals surface area contributed by atoms with Gasteiger partial charge >= 0.3 is 0 Å². The van der Waals surface area contributed by atoms with Crippen LogP contribution in [0.15, 0.2) is 18.2 Å². The topological polar surface area (TPSA) is 26.3 Å². The predicted octanol–water partition coefficient (Wildman–Crippen LogP) is 2.06. The lowest BCUT2D eigenvalue weighted by molar-refractivity contribution is -0.109. The Morgan fingerprint density at radius 2 is 2.21 bits per heavy atom. The van der Waals surface area contributed by atoms with Gasteiger partial charge in [-0.25, -0.2) is 4.39 Å². The Kier molecular flexibility index (Phi) is 2.02. The van der Waals surface area contributed by atoms with E-state index >= 15 is 0 Å². The van der Waals surface area contributed by atoms with Gasteiger partial charge in [-0.15, -0.1) is 0 Å². The van der Waals surface area contributed by atoms with Crippen molar-refractivity contribution < 1.29 is 13.9 Å². The number of ether oxygens (including phenoxy) is 1. The first-order chi connectivity index (χ1) is 6.72. The fraction of sp³-hybridized carbons (Fsp3) is 0.364. The van der Waals surface area contributed by atoms with Gasteiger partial charge in [-0.3, -0.25) is 0 Å². The molecule has 0 amide bonds. The molecule has 0 spiro atoms. The van der Waals surface area contributed by atoms with Crippen LogP contribution in [0.1, 0.15) is 18.4 Å². The van der Waals surface area contributed by atoms with E-state index in [9.17, 15) is 9.18 Å². The minimum Gasteiger partial charge on any atom is -0.494 e. The third-order valence-corrected chi connectivity index (χ3v) is 2.74. The van der Waals surface area contributed by atoms with Crippen LogP contribution in [0, 0.1) is 5.82 Å². The van der Waals surface area contributed by atoms with Gasteiger partial charge in [-0.2, -0.15) is 0 Å². The maximum Gasteiger partial charge on any atom is 0.165 e. The molecule has 1 aliphatic rings. The Hall–Kier alpha value is -1.38. The lowest BCUT2D eigenvalue weighted by Crippen LogP contribution is -2.08. The smallest absolute Gasteiger partial charge is 0.165 e. The van der Waals surface area contributed by atoms with E-state index in [4.69, 9.17) is 4.74 Å². The summed E-state index contributed by atoms with van der Waals surface area (Å²) in [6.45, 7) is 0. The van der Waals surface area contributed by atoms with Crippen LogP contribution in [-0.4, -0.2) is 13.4 Å². The zero-order chi connectivity index (χ0) is 10.2. The minimum atomic E-state index is -0.410. The molecule has 1 aromatic carbocycles. The number of methoxy groups -OCH3 is 1. The second kappa shape index (κ2) is 3.08. The average Bonchev–Trinajstić information content (AvgIpc) is 2.98.